The van der Waals surface area contributed by atoms with Crippen LogP contribution in [0.4, 0.5) is 5.95 Å². The zero-order chi connectivity index (χ0) is 14.9. The third-order valence-electron chi connectivity index (χ3n) is 4.02. The van der Waals surface area contributed by atoms with E-state index >= 15 is 0 Å². The van der Waals surface area contributed by atoms with Crippen molar-refractivity contribution in [3.63, 3.8) is 0 Å². The van der Waals surface area contributed by atoms with Gasteiger partial charge < -0.3 is 19.6 Å². The molecular formula is C12H21N5O3S. The normalized spacial score (nSPS) is 26.3. The number of hydrogen-bond donors (Lipinski definition) is 1. The topological polar surface area (TPSA) is 91.6 Å². The van der Waals surface area contributed by atoms with Crippen LogP contribution in [0.15, 0.2) is 4.52 Å². The van der Waals surface area contributed by atoms with E-state index in [1.165, 1.54) is 0 Å². The van der Waals surface area contributed by atoms with Crippen molar-refractivity contribution in [2.45, 2.75) is 19.0 Å². The molecule has 1 atom stereocenters. The zero-order valence-corrected chi connectivity index (χ0v) is 13.0. The number of sulfone groups is 1. The van der Waals surface area contributed by atoms with E-state index in [1.54, 1.807) is 0 Å². The minimum Gasteiger partial charge on any atom is -0.336 e. The summed E-state index contributed by atoms with van der Waals surface area (Å²) < 4.78 is 28.0. The molecule has 1 N–H and O–H groups in total. The molecule has 0 spiro atoms. The maximum Gasteiger partial charge on any atom is 0.266 e. The van der Waals surface area contributed by atoms with Gasteiger partial charge in [-0.3, -0.25) is 0 Å². The van der Waals surface area contributed by atoms with Crippen LogP contribution >= 0.6 is 0 Å². The lowest BCUT2D eigenvalue weighted by molar-refractivity contribution is 0.308. The maximum absolute atomic E-state index is 11.4. The van der Waals surface area contributed by atoms with E-state index in [4.69, 9.17) is 4.52 Å². The van der Waals surface area contributed by atoms with Crippen LogP contribution in [0.3, 0.4) is 0 Å². The van der Waals surface area contributed by atoms with Gasteiger partial charge in [-0.1, -0.05) is 0 Å². The summed E-state index contributed by atoms with van der Waals surface area (Å²) in [6.07, 6.45) is 0.655. The Morgan fingerprint density at radius 1 is 1.33 bits per heavy atom. The first-order chi connectivity index (χ1) is 10.0. The molecule has 1 unspecified atom stereocenters. The second-order valence-corrected chi connectivity index (χ2v) is 7.99. The number of nitrogens with one attached hydrogen (secondary N) is 1. The molecule has 2 aliphatic heterocycles. The molecule has 21 heavy (non-hydrogen) atoms. The fraction of sp³-hybridized carbons (Fsp3) is 0.833. The average molecular weight is 315 g/mol. The second-order valence-electron chi connectivity index (χ2n) is 5.76. The first-order valence-corrected chi connectivity index (χ1v) is 9.04. The van der Waals surface area contributed by atoms with E-state index in [9.17, 15) is 8.42 Å². The van der Waals surface area contributed by atoms with E-state index in [2.05, 4.69) is 32.3 Å². The highest BCUT2D eigenvalue weighted by Gasteiger charge is 2.28. The molecule has 8 nitrogen and oxygen atoms in total. The largest absolute Gasteiger partial charge is 0.336 e. The molecule has 0 radical (unpaired) electrons. The fourth-order valence-electron chi connectivity index (χ4n) is 2.64. The Morgan fingerprint density at radius 3 is 2.76 bits per heavy atom. The molecule has 1 aromatic rings. The molecule has 1 aromatic heterocycles. The van der Waals surface area contributed by atoms with Gasteiger partial charge in [0.25, 0.3) is 5.95 Å². The Labute approximate surface area is 124 Å². The predicted molar refractivity (Wildman–Crippen MR) is 77.9 cm³/mol. The molecule has 0 bridgehead atoms. The highest BCUT2D eigenvalue weighted by Crippen LogP contribution is 2.14. The lowest BCUT2D eigenvalue weighted by Crippen LogP contribution is -2.44. The first kappa shape index (κ1) is 14.7. The molecule has 0 aromatic carbocycles. The molecule has 3 rings (SSSR count). The Kier molecular flexibility index (Phi) is 4.14. The summed E-state index contributed by atoms with van der Waals surface area (Å²) in [4.78, 5) is 8.74. The van der Waals surface area contributed by atoms with E-state index in [0.29, 0.717) is 24.8 Å². The van der Waals surface area contributed by atoms with Crippen LogP contribution in [0, 0.1) is 0 Å². The minimum atomic E-state index is -2.86. The van der Waals surface area contributed by atoms with Crippen molar-refractivity contribution in [1.82, 2.24) is 20.4 Å². The van der Waals surface area contributed by atoms with Crippen LogP contribution in [0.25, 0.3) is 0 Å². The maximum atomic E-state index is 11.4. The van der Waals surface area contributed by atoms with E-state index in [0.717, 1.165) is 26.2 Å². The van der Waals surface area contributed by atoms with Crippen LogP contribution in [-0.4, -0.2) is 74.2 Å². The summed E-state index contributed by atoms with van der Waals surface area (Å²) in [7, 11) is -0.763. The van der Waals surface area contributed by atoms with Gasteiger partial charge in [-0.2, -0.15) is 4.98 Å². The lowest BCUT2D eigenvalue weighted by Gasteiger charge is -2.31. The van der Waals surface area contributed by atoms with Crippen molar-refractivity contribution in [3.05, 3.63) is 5.89 Å². The summed E-state index contributed by atoms with van der Waals surface area (Å²) in [6.45, 7) is 4.18. The van der Waals surface area contributed by atoms with Gasteiger partial charge in [0, 0.05) is 32.2 Å². The minimum absolute atomic E-state index is 0.00557. The molecule has 0 aliphatic carbocycles. The van der Waals surface area contributed by atoms with Crippen molar-refractivity contribution in [2.24, 2.45) is 0 Å². The summed E-state index contributed by atoms with van der Waals surface area (Å²) in [5.41, 5.74) is 0. The number of nitrogens with zero attached hydrogens (tertiary/aromatic N) is 4. The molecule has 118 valence electrons. The second kappa shape index (κ2) is 5.90. The van der Waals surface area contributed by atoms with E-state index in [1.807, 2.05) is 0 Å². The molecule has 2 fully saturated rings. The SMILES string of the molecule is CN1CCN(c2noc(CNC3CCS(=O)(=O)C3)n2)CC1. The predicted octanol–water partition coefficient (Wildman–Crippen LogP) is -0.902. The number of aromatic nitrogens is 2. The Morgan fingerprint density at radius 2 is 2.10 bits per heavy atom. The first-order valence-electron chi connectivity index (χ1n) is 7.22. The van der Waals surface area contributed by atoms with Gasteiger partial charge in [-0.25, -0.2) is 8.42 Å². The smallest absolute Gasteiger partial charge is 0.266 e. The molecule has 2 saturated heterocycles. The quantitative estimate of drug-likeness (QED) is 0.764. The van der Waals surface area contributed by atoms with Crippen LogP contribution in [0.2, 0.25) is 0 Å². The molecule has 0 saturated carbocycles. The van der Waals surface area contributed by atoms with E-state index < -0.39 is 9.84 Å². The van der Waals surface area contributed by atoms with Gasteiger partial charge in [0.1, 0.15) is 0 Å². The average Bonchev–Trinajstić information content (AvgIpc) is 3.04. The monoisotopic (exact) mass is 315 g/mol. The summed E-state index contributed by atoms with van der Waals surface area (Å²) in [6, 6.07) is -0.00557. The Hall–Kier alpha value is -1.19. The van der Waals surface area contributed by atoms with Crippen molar-refractivity contribution >= 4 is 15.8 Å². The van der Waals surface area contributed by atoms with Gasteiger partial charge >= 0.3 is 0 Å². The molecular weight excluding hydrogens is 294 g/mol. The highest BCUT2D eigenvalue weighted by atomic mass is 32.2. The van der Waals surface area contributed by atoms with Gasteiger partial charge in [0.15, 0.2) is 9.84 Å². The highest BCUT2D eigenvalue weighted by molar-refractivity contribution is 7.91. The number of piperazine rings is 1. The van der Waals surface area contributed by atoms with Crippen LogP contribution in [-0.2, 0) is 16.4 Å². The Balaban J connectivity index is 1.51. The Bertz CT molecular complexity index is 579. The fourth-order valence-corrected chi connectivity index (χ4v) is 4.35. The van der Waals surface area contributed by atoms with Crippen molar-refractivity contribution < 1.29 is 12.9 Å². The summed E-state index contributed by atoms with van der Waals surface area (Å²) >= 11 is 0. The van der Waals surface area contributed by atoms with Gasteiger partial charge in [-0.05, 0) is 18.6 Å². The van der Waals surface area contributed by atoms with Crippen molar-refractivity contribution in [1.29, 1.82) is 0 Å². The van der Waals surface area contributed by atoms with Crippen LogP contribution in [0.5, 0.6) is 0 Å². The zero-order valence-electron chi connectivity index (χ0n) is 12.2. The van der Waals surface area contributed by atoms with E-state index in [-0.39, 0.29) is 17.5 Å². The van der Waals surface area contributed by atoms with Crippen molar-refractivity contribution in [2.75, 3.05) is 49.6 Å². The summed E-state index contributed by atoms with van der Waals surface area (Å²) in [5, 5.41) is 7.18. The third-order valence-corrected chi connectivity index (χ3v) is 5.79. The number of anilines is 1. The summed E-state index contributed by atoms with van der Waals surface area (Å²) in [5.74, 6) is 1.60. The van der Waals surface area contributed by atoms with Crippen LogP contribution < -0.4 is 10.2 Å². The number of rotatable bonds is 4. The van der Waals surface area contributed by atoms with Gasteiger partial charge in [0.2, 0.25) is 5.89 Å². The van der Waals surface area contributed by atoms with Crippen molar-refractivity contribution in [3.8, 4) is 0 Å². The molecule has 3 heterocycles. The number of hydrogen-bond acceptors (Lipinski definition) is 8. The van der Waals surface area contributed by atoms with Gasteiger partial charge in [-0.15, -0.1) is 0 Å². The number of likely N-dealkylation sites (N-methyl/N-ethyl adjacent to an activating group) is 1. The third kappa shape index (κ3) is 3.72. The lowest BCUT2D eigenvalue weighted by atomic mass is 10.3. The molecule has 0 amide bonds. The molecule has 2 aliphatic rings. The van der Waals surface area contributed by atoms with Crippen LogP contribution in [0.1, 0.15) is 12.3 Å². The standard InChI is InChI=1S/C12H21N5O3S/c1-16-3-5-17(6-4-16)12-14-11(20-15-12)8-13-10-2-7-21(18,19)9-10/h10,13H,2-9H2,1H3. The van der Waals surface area contributed by atoms with Gasteiger partial charge in [0.05, 0.1) is 18.1 Å². The molecule has 9 heteroatoms.